The lowest BCUT2D eigenvalue weighted by molar-refractivity contribution is -0.120. The van der Waals surface area contributed by atoms with Crippen LogP contribution in [0.5, 0.6) is 0 Å². The van der Waals surface area contributed by atoms with Gasteiger partial charge in [0.15, 0.2) is 5.71 Å². The SMILES string of the molecule is O=C1CCCC1C(=NNc1nc2ccccc2s1)C(F)(F)F. The van der Waals surface area contributed by atoms with E-state index in [1.165, 1.54) is 11.3 Å². The summed E-state index contributed by atoms with van der Waals surface area (Å²) in [6.07, 6.45) is -3.78. The molecule has 22 heavy (non-hydrogen) atoms. The van der Waals surface area contributed by atoms with Crippen LogP contribution in [-0.4, -0.2) is 22.7 Å². The lowest BCUT2D eigenvalue weighted by Gasteiger charge is -2.15. The minimum Gasteiger partial charge on any atom is -0.299 e. The van der Waals surface area contributed by atoms with Gasteiger partial charge in [0.05, 0.1) is 16.1 Å². The molecule has 0 spiro atoms. The summed E-state index contributed by atoms with van der Waals surface area (Å²) in [5.41, 5.74) is 1.99. The summed E-state index contributed by atoms with van der Waals surface area (Å²) in [4.78, 5) is 15.8. The van der Waals surface area contributed by atoms with Gasteiger partial charge in [0, 0.05) is 6.42 Å². The number of nitrogens with zero attached hydrogens (tertiary/aromatic N) is 2. The topological polar surface area (TPSA) is 54.4 Å². The minimum absolute atomic E-state index is 0.181. The molecule has 116 valence electrons. The van der Waals surface area contributed by atoms with E-state index in [2.05, 4.69) is 15.5 Å². The Hall–Kier alpha value is -1.96. The predicted molar refractivity (Wildman–Crippen MR) is 79.1 cm³/mol. The van der Waals surface area contributed by atoms with E-state index >= 15 is 0 Å². The number of fused-ring (bicyclic) bond motifs is 1. The smallest absolute Gasteiger partial charge is 0.299 e. The monoisotopic (exact) mass is 327 g/mol. The molecule has 8 heteroatoms. The Morgan fingerprint density at radius 3 is 2.77 bits per heavy atom. The van der Waals surface area contributed by atoms with Crippen LogP contribution in [0, 0.1) is 5.92 Å². The van der Waals surface area contributed by atoms with Gasteiger partial charge in [0.25, 0.3) is 0 Å². The number of aromatic nitrogens is 1. The number of Topliss-reactive ketones (excluding diaryl/α,β-unsaturated/α-hetero) is 1. The number of rotatable bonds is 3. The molecule has 4 nitrogen and oxygen atoms in total. The number of thiazole rings is 1. The van der Waals surface area contributed by atoms with Crippen LogP contribution in [0.2, 0.25) is 0 Å². The highest BCUT2D eigenvalue weighted by atomic mass is 32.1. The average molecular weight is 327 g/mol. The quantitative estimate of drug-likeness (QED) is 0.685. The van der Waals surface area contributed by atoms with E-state index in [1.54, 1.807) is 12.1 Å². The zero-order valence-corrected chi connectivity index (χ0v) is 12.2. The zero-order chi connectivity index (χ0) is 15.7. The summed E-state index contributed by atoms with van der Waals surface area (Å²) in [5.74, 6) is -1.57. The second-order valence-corrected chi connectivity index (χ2v) is 6.04. The molecule has 1 unspecified atom stereocenters. The van der Waals surface area contributed by atoms with Gasteiger partial charge < -0.3 is 0 Å². The van der Waals surface area contributed by atoms with E-state index in [9.17, 15) is 18.0 Å². The molecule has 0 bridgehead atoms. The number of benzene rings is 1. The third-order valence-corrected chi connectivity index (χ3v) is 4.43. The van der Waals surface area contributed by atoms with E-state index in [1.807, 2.05) is 12.1 Å². The third-order valence-electron chi connectivity index (χ3n) is 3.49. The fraction of sp³-hybridized carbons (Fsp3) is 0.357. The van der Waals surface area contributed by atoms with Crippen molar-refractivity contribution in [3.05, 3.63) is 24.3 Å². The largest absolute Gasteiger partial charge is 0.431 e. The highest BCUT2D eigenvalue weighted by Crippen LogP contribution is 2.32. The van der Waals surface area contributed by atoms with Gasteiger partial charge in [0.1, 0.15) is 5.78 Å². The molecule has 1 aliphatic carbocycles. The molecule has 1 aromatic heterocycles. The van der Waals surface area contributed by atoms with Crippen molar-refractivity contribution in [2.75, 3.05) is 5.43 Å². The van der Waals surface area contributed by atoms with Crippen LogP contribution in [-0.2, 0) is 4.79 Å². The van der Waals surface area contributed by atoms with Crippen molar-refractivity contribution < 1.29 is 18.0 Å². The number of nitrogens with one attached hydrogen (secondary N) is 1. The van der Waals surface area contributed by atoms with Crippen LogP contribution in [0.3, 0.4) is 0 Å². The van der Waals surface area contributed by atoms with Gasteiger partial charge in [-0.15, -0.1) is 0 Å². The van der Waals surface area contributed by atoms with E-state index in [4.69, 9.17) is 0 Å². The first-order valence-corrected chi connectivity index (χ1v) is 7.56. The number of hydrazone groups is 1. The molecule has 1 aromatic carbocycles. The summed E-state index contributed by atoms with van der Waals surface area (Å²) in [6, 6.07) is 7.22. The van der Waals surface area contributed by atoms with Crippen LogP contribution >= 0.6 is 11.3 Å². The molecule has 3 rings (SSSR count). The lowest BCUT2D eigenvalue weighted by Crippen LogP contribution is -2.33. The molecule has 1 aliphatic rings. The normalized spacial score (nSPS) is 19.9. The Labute approximate surface area is 128 Å². The fourth-order valence-corrected chi connectivity index (χ4v) is 3.28. The van der Waals surface area contributed by atoms with Crippen molar-refractivity contribution >= 4 is 38.2 Å². The maximum atomic E-state index is 13.1. The molecule has 1 heterocycles. The van der Waals surface area contributed by atoms with Gasteiger partial charge in [-0.25, -0.2) is 4.98 Å². The molecule has 2 aromatic rings. The van der Waals surface area contributed by atoms with E-state index < -0.39 is 23.6 Å². The molecule has 0 amide bonds. The molecular weight excluding hydrogens is 315 g/mol. The van der Waals surface area contributed by atoms with Crippen LogP contribution in [0.1, 0.15) is 19.3 Å². The number of halogens is 3. The first-order chi connectivity index (χ1) is 10.4. The standard InChI is InChI=1S/C14H12F3N3OS/c15-14(16,17)12(8-4-3-6-10(8)21)19-20-13-18-9-5-1-2-7-11(9)22-13/h1-2,5,7-8H,3-4,6H2,(H,18,20). The third kappa shape index (κ3) is 2.96. The number of ketones is 1. The number of carbonyl (C=O) groups excluding carboxylic acids is 1. The number of anilines is 1. The van der Waals surface area contributed by atoms with Crippen LogP contribution in [0.4, 0.5) is 18.3 Å². The summed E-state index contributed by atoms with van der Waals surface area (Å²) < 4.78 is 40.2. The minimum atomic E-state index is -4.63. The Balaban J connectivity index is 1.87. The van der Waals surface area contributed by atoms with Gasteiger partial charge >= 0.3 is 6.18 Å². The van der Waals surface area contributed by atoms with Gasteiger partial charge in [-0.2, -0.15) is 18.3 Å². The Bertz CT molecular complexity index is 705. The van der Waals surface area contributed by atoms with Crippen molar-refractivity contribution in [1.29, 1.82) is 0 Å². The van der Waals surface area contributed by atoms with Gasteiger partial charge in [0.2, 0.25) is 5.13 Å². The number of para-hydroxylation sites is 1. The molecule has 1 fully saturated rings. The molecule has 1 N–H and O–H groups in total. The Morgan fingerprint density at radius 2 is 2.14 bits per heavy atom. The average Bonchev–Trinajstić information content (AvgIpc) is 3.04. The first kappa shape index (κ1) is 15.0. The second-order valence-electron chi connectivity index (χ2n) is 5.00. The van der Waals surface area contributed by atoms with Crippen molar-refractivity contribution in [2.45, 2.75) is 25.4 Å². The predicted octanol–water partition coefficient (Wildman–Crippen LogP) is 4.00. The Kier molecular flexibility index (Phi) is 3.86. The lowest BCUT2D eigenvalue weighted by atomic mass is 10.0. The van der Waals surface area contributed by atoms with Crippen molar-refractivity contribution in [1.82, 2.24) is 4.98 Å². The van der Waals surface area contributed by atoms with Gasteiger partial charge in [-0.3, -0.25) is 10.2 Å². The van der Waals surface area contributed by atoms with Crippen molar-refractivity contribution in [3.63, 3.8) is 0 Å². The number of alkyl halides is 3. The van der Waals surface area contributed by atoms with Crippen molar-refractivity contribution in [2.24, 2.45) is 11.0 Å². The number of hydrogen-bond acceptors (Lipinski definition) is 5. The van der Waals surface area contributed by atoms with Crippen LogP contribution in [0.25, 0.3) is 10.2 Å². The Morgan fingerprint density at radius 1 is 1.36 bits per heavy atom. The van der Waals surface area contributed by atoms with Crippen molar-refractivity contribution in [3.8, 4) is 0 Å². The first-order valence-electron chi connectivity index (χ1n) is 6.74. The van der Waals surface area contributed by atoms with Gasteiger partial charge in [-0.05, 0) is 25.0 Å². The van der Waals surface area contributed by atoms with Gasteiger partial charge in [-0.1, -0.05) is 23.5 Å². The maximum absolute atomic E-state index is 13.1. The van der Waals surface area contributed by atoms with Crippen LogP contribution < -0.4 is 5.43 Å². The molecule has 0 saturated heterocycles. The maximum Gasteiger partial charge on any atom is 0.431 e. The fourth-order valence-electron chi connectivity index (χ4n) is 2.47. The summed E-state index contributed by atoms with van der Waals surface area (Å²) >= 11 is 1.21. The number of hydrogen-bond donors (Lipinski definition) is 1. The van der Waals surface area contributed by atoms with Crippen LogP contribution in [0.15, 0.2) is 29.4 Å². The molecule has 0 aliphatic heterocycles. The second kappa shape index (κ2) is 5.68. The summed E-state index contributed by atoms with van der Waals surface area (Å²) in [5, 5.41) is 3.73. The highest BCUT2D eigenvalue weighted by molar-refractivity contribution is 7.22. The summed E-state index contributed by atoms with van der Waals surface area (Å²) in [7, 11) is 0. The van der Waals surface area contributed by atoms with E-state index in [0.29, 0.717) is 11.9 Å². The molecular formula is C14H12F3N3OS. The summed E-state index contributed by atoms with van der Waals surface area (Å²) in [6.45, 7) is 0. The zero-order valence-electron chi connectivity index (χ0n) is 11.4. The molecule has 1 atom stereocenters. The molecule has 0 radical (unpaired) electrons. The van der Waals surface area contributed by atoms with E-state index in [-0.39, 0.29) is 18.0 Å². The highest BCUT2D eigenvalue weighted by Gasteiger charge is 2.45. The molecule has 1 saturated carbocycles. The number of carbonyl (C=O) groups is 1. The van der Waals surface area contributed by atoms with E-state index in [0.717, 1.165) is 4.70 Å².